The molecule has 0 heterocycles. The highest BCUT2D eigenvalue weighted by atomic mass is 16.5. The van der Waals surface area contributed by atoms with Crippen LogP contribution in [-0.2, 0) is 9.53 Å². The average molecular weight is 206 g/mol. The summed E-state index contributed by atoms with van der Waals surface area (Å²) in [6, 6.07) is 0. The van der Waals surface area contributed by atoms with Gasteiger partial charge >= 0.3 is 5.97 Å². The van der Waals surface area contributed by atoms with Gasteiger partial charge in [-0.05, 0) is 13.3 Å². The predicted octanol–water partition coefficient (Wildman–Crippen LogP) is 0.0232. The maximum absolute atomic E-state index is 9.25. The molecule has 3 N–H and O–H groups in total. The van der Waals surface area contributed by atoms with Crippen LogP contribution in [0.25, 0.3) is 0 Å². The lowest BCUT2D eigenvalue weighted by Gasteiger charge is -2.05. The second-order valence-electron chi connectivity index (χ2n) is 2.36. The highest BCUT2D eigenvalue weighted by Crippen LogP contribution is 1.89. The van der Waals surface area contributed by atoms with Crippen molar-refractivity contribution in [1.82, 2.24) is 0 Å². The van der Waals surface area contributed by atoms with Gasteiger partial charge in [-0.1, -0.05) is 6.58 Å². The Kier molecular flexibility index (Phi) is 13.4. The summed E-state index contributed by atoms with van der Waals surface area (Å²) >= 11 is 0. The van der Waals surface area contributed by atoms with Gasteiger partial charge in [-0.15, -0.1) is 0 Å². The van der Waals surface area contributed by atoms with Gasteiger partial charge in [-0.2, -0.15) is 0 Å². The molecule has 84 valence electrons. The molecule has 0 saturated heterocycles. The molecule has 0 spiro atoms. The van der Waals surface area contributed by atoms with Crippen LogP contribution in [0.15, 0.2) is 12.7 Å². The van der Waals surface area contributed by atoms with Crippen molar-refractivity contribution in [3.05, 3.63) is 12.7 Å². The van der Waals surface area contributed by atoms with E-state index in [9.17, 15) is 4.79 Å². The SMILES string of the molecule is C=CC(=O)O.CCOCCC(O)CO. The molecule has 5 nitrogen and oxygen atoms in total. The summed E-state index contributed by atoms with van der Waals surface area (Å²) < 4.78 is 4.93. The smallest absolute Gasteiger partial charge is 0.327 e. The van der Waals surface area contributed by atoms with Crippen molar-refractivity contribution in [3.63, 3.8) is 0 Å². The number of ether oxygens (including phenoxy) is 1. The maximum atomic E-state index is 9.25. The number of hydrogen-bond donors (Lipinski definition) is 3. The number of carboxylic acids is 1. The largest absolute Gasteiger partial charge is 0.478 e. The normalized spacial score (nSPS) is 11.1. The standard InChI is InChI=1S/C6H14O3.C3H4O2/c1-2-9-4-3-6(8)5-7;1-2-3(4)5/h6-8H,2-5H2,1H3;2H,1H2,(H,4,5). The lowest BCUT2D eigenvalue weighted by atomic mass is 10.3. The first-order valence-electron chi connectivity index (χ1n) is 4.30. The molecular formula is C9H18O5. The molecule has 0 radical (unpaired) electrons. The predicted molar refractivity (Wildman–Crippen MR) is 52.0 cm³/mol. The Bertz CT molecular complexity index is 146. The van der Waals surface area contributed by atoms with Crippen LogP contribution >= 0.6 is 0 Å². The minimum atomic E-state index is -0.981. The zero-order valence-corrected chi connectivity index (χ0v) is 8.35. The summed E-state index contributed by atoms with van der Waals surface area (Å²) in [6.45, 7) is 5.87. The third kappa shape index (κ3) is 17.3. The third-order valence-corrected chi connectivity index (χ3v) is 1.18. The van der Waals surface area contributed by atoms with Crippen molar-refractivity contribution in [2.45, 2.75) is 19.4 Å². The Labute approximate surface area is 83.6 Å². The second-order valence-corrected chi connectivity index (χ2v) is 2.36. The van der Waals surface area contributed by atoms with Gasteiger partial charge < -0.3 is 20.1 Å². The molecule has 0 aliphatic carbocycles. The summed E-state index contributed by atoms with van der Waals surface area (Å²) in [5, 5.41) is 24.7. The zero-order valence-electron chi connectivity index (χ0n) is 8.35. The third-order valence-electron chi connectivity index (χ3n) is 1.18. The Hall–Kier alpha value is -0.910. The molecule has 5 heteroatoms. The van der Waals surface area contributed by atoms with E-state index in [0.29, 0.717) is 19.6 Å². The van der Waals surface area contributed by atoms with Crippen molar-refractivity contribution < 1.29 is 24.9 Å². The van der Waals surface area contributed by atoms with E-state index >= 15 is 0 Å². The number of carboxylic acid groups (broad SMARTS) is 1. The molecule has 0 aromatic rings. The molecule has 0 fully saturated rings. The average Bonchev–Trinajstić information content (AvgIpc) is 2.19. The molecule has 0 saturated carbocycles. The number of carbonyl (C=O) groups is 1. The van der Waals surface area contributed by atoms with Gasteiger partial charge in [0, 0.05) is 19.3 Å². The molecule has 1 unspecified atom stereocenters. The van der Waals surface area contributed by atoms with Crippen LogP contribution in [0, 0.1) is 0 Å². The number of rotatable bonds is 6. The highest BCUT2D eigenvalue weighted by Gasteiger charge is 1.99. The summed E-state index contributed by atoms with van der Waals surface area (Å²) in [7, 11) is 0. The summed E-state index contributed by atoms with van der Waals surface area (Å²) in [4.78, 5) is 9.25. The molecule has 0 aromatic carbocycles. The zero-order chi connectivity index (χ0) is 11.4. The van der Waals surface area contributed by atoms with Crippen LogP contribution in [0.2, 0.25) is 0 Å². The van der Waals surface area contributed by atoms with Crippen LogP contribution in [0.4, 0.5) is 0 Å². The van der Waals surface area contributed by atoms with E-state index in [1.54, 1.807) is 0 Å². The van der Waals surface area contributed by atoms with E-state index in [0.717, 1.165) is 6.08 Å². The number of hydrogen-bond acceptors (Lipinski definition) is 4. The Balaban J connectivity index is 0. The van der Waals surface area contributed by atoms with Crippen LogP contribution in [0.1, 0.15) is 13.3 Å². The van der Waals surface area contributed by atoms with Gasteiger partial charge in [0.15, 0.2) is 0 Å². The number of aliphatic carboxylic acids is 1. The van der Waals surface area contributed by atoms with Gasteiger partial charge in [0.1, 0.15) is 0 Å². The quantitative estimate of drug-likeness (QED) is 0.421. The van der Waals surface area contributed by atoms with Crippen LogP contribution in [0.5, 0.6) is 0 Å². The Morgan fingerprint density at radius 3 is 2.43 bits per heavy atom. The fourth-order valence-corrected chi connectivity index (χ4v) is 0.455. The Morgan fingerprint density at radius 1 is 1.64 bits per heavy atom. The highest BCUT2D eigenvalue weighted by molar-refractivity contribution is 5.78. The van der Waals surface area contributed by atoms with Crippen molar-refractivity contribution in [1.29, 1.82) is 0 Å². The molecule has 0 aliphatic heterocycles. The van der Waals surface area contributed by atoms with Crippen LogP contribution in [-0.4, -0.2) is 47.2 Å². The summed E-state index contributed by atoms with van der Waals surface area (Å²) in [6.07, 6.45) is 0.737. The van der Waals surface area contributed by atoms with E-state index in [2.05, 4.69) is 6.58 Å². The van der Waals surface area contributed by atoms with E-state index in [1.165, 1.54) is 0 Å². The van der Waals surface area contributed by atoms with E-state index < -0.39 is 12.1 Å². The molecule has 1 atom stereocenters. The van der Waals surface area contributed by atoms with Crippen molar-refractivity contribution in [3.8, 4) is 0 Å². The monoisotopic (exact) mass is 206 g/mol. The van der Waals surface area contributed by atoms with Gasteiger partial charge in [-0.25, -0.2) is 4.79 Å². The first-order chi connectivity index (χ1) is 6.58. The first kappa shape index (κ1) is 15.6. The molecule has 0 aromatic heterocycles. The maximum Gasteiger partial charge on any atom is 0.327 e. The minimum Gasteiger partial charge on any atom is -0.478 e. The van der Waals surface area contributed by atoms with Gasteiger partial charge in [0.2, 0.25) is 0 Å². The van der Waals surface area contributed by atoms with E-state index in [-0.39, 0.29) is 6.61 Å². The van der Waals surface area contributed by atoms with Crippen molar-refractivity contribution in [2.75, 3.05) is 19.8 Å². The fourth-order valence-electron chi connectivity index (χ4n) is 0.455. The molecule has 0 bridgehead atoms. The van der Waals surface area contributed by atoms with Crippen LogP contribution in [0.3, 0.4) is 0 Å². The van der Waals surface area contributed by atoms with Crippen LogP contribution < -0.4 is 0 Å². The molecule has 0 amide bonds. The minimum absolute atomic E-state index is 0.174. The first-order valence-corrected chi connectivity index (χ1v) is 4.30. The molecule has 14 heavy (non-hydrogen) atoms. The molecular weight excluding hydrogens is 188 g/mol. The fraction of sp³-hybridized carbons (Fsp3) is 0.667. The lowest BCUT2D eigenvalue weighted by molar-refractivity contribution is -0.131. The van der Waals surface area contributed by atoms with E-state index in [4.69, 9.17) is 20.1 Å². The summed E-state index contributed by atoms with van der Waals surface area (Å²) in [5.41, 5.74) is 0. The Morgan fingerprint density at radius 2 is 2.14 bits per heavy atom. The number of aliphatic hydroxyl groups excluding tert-OH is 2. The second kappa shape index (κ2) is 12.1. The summed E-state index contributed by atoms with van der Waals surface area (Å²) in [5.74, 6) is -0.981. The van der Waals surface area contributed by atoms with E-state index in [1.807, 2.05) is 6.92 Å². The van der Waals surface area contributed by atoms with Gasteiger partial charge in [0.25, 0.3) is 0 Å². The number of aliphatic hydroxyl groups is 2. The lowest BCUT2D eigenvalue weighted by Crippen LogP contribution is -2.14. The van der Waals surface area contributed by atoms with Crippen molar-refractivity contribution >= 4 is 5.97 Å². The molecule has 0 rings (SSSR count). The molecule has 0 aliphatic rings. The van der Waals surface area contributed by atoms with Gasteiger partial charge in [-0.3, -0.25) is 0 Å². The van der Waals surface area contributed by atoms with Gasteiger partial charge in [0.05, 0.1) is 12.7 Å². The van der Waals surface area contributed by atoms with Crippen molar-refractivity contribution in [2.24, 2.45) is 0 Å². The topological polar surface area (TPSA) is 87.0 Å².